The molecule has 0 aliphatic carbocycles. The summed E-state index contributed by atoms with van der Waals surface area (Å²) in [4.78, 5) is 31.9. The third-order valence-electron chi connectivity index (χ3n) is 4.89. The fraction of sp³-hybridized carbons (Fsp3) is 0.368. The smallest absolute Gasteiger partial charge is 0.293 e. The van der Waals surface area contributed by atoms with Crippen molar-refractivity contribution in [1.29, 1.82) is 0 Å². The first-order valence-electron chi connectivity index (χ1n) is 9.04. The second kappa shape index (κ2) is 6.86. The summed E-state index contributed by atoms with van der Waals surface area (Å²) >= 11 is 0. The van der Waals surface area contributed by atoms with Gasteiger partial charge in [0.2, 0.25) is 5.82 Å². The molecular formula is C19H21N5O3. The highest BCUT2D eigenvalue weighted by Crippen LogP contribution is 2.21. The Hall–Kier alpha value is -3.16. The van der Waals surface area contributed by atoms with Crippen LogP contribution in [0.15, 0.2) is 35.0 Å². The number of carbonyl (C=O) groups is 2. The molecule has 8 heteroatoms. The van der Waals surface area contributed by atoms with Crippen molar-refractivity contribution < 1.29 is 14.1 Å². The topological polar surface area (TPSA) is 92.7 Å². The van der Waals surface area contributed by atoms with Crippen LogP contribution in [0.4, 0.5) is 5.82 Å². The Bertz CT molecular complexity index is 998. The maximum atomic E-state index is 13.0. The van der Waals surface area contributed by atoms with E-state index in [4.69, 9.17) is 4.52 Å². The molecule has 4 heterocycles. The van der Waals surface area contributed by atoms with Crippen LogP contribution < -0.4 is 5.32 Å². The van der Waals surface area contributed by atoms with Crippen LogP contribution >= 0.6 is 0 Å². The fourth-order valence-electron chi connectivity index (χ4n) is 3.31. The number of piperidine rings is 1. The molecule has 8 nitrogen and oxygen atoms in total. The Morgan fingerprint density at radius 2 is 2.04 bits per heavy atom. The van der Waals surface area contributed by atoms with Crippen LogP contribution in [-0.2, 0) is 0 Å². The van der Waals surface area contributed by atoms with Gasteiger partial charge >= 0.3 is 0 Å². The van der Waals surface area contributed by atoms with E-state index in [0.717, 1.165) is 12.8 Å². The molecule has 0 radical (unpaired) electrons. The van der Waals surface area contributed by atoms with E-state index in [-0.39, 0.29) is 11.7 Å². The number of hydrogen-bond acceptors (Lipinski definition) is 5. The summed E-state index contributed by atoms with van der Waals surface area (Å²) in [5.41, 5.74) is 0.911. The summed E-state index contributed by atoms with van der Waals surface area (Å²) in [5.74, 6) is 1.08. The zero-order valence-corrected chi connectivity index (χ0v) is 15.3. The molecule has 1 aliphatic heterocycles. The van der Waals surface area contributed by atoms with Crippen molar-refractivity contribution in [2.24, 2.45) is 5.92 Å². The number of carbonyl (C=O) groups excluding carboxylic acids is 2. The number of aromatic nitrogens is 3. The van der Waals surface area contributed by atoms with Crippen LogP contribution in [0.3, 0.4) is 0 Å². The molecule has 140 valence electrons. The lowest BCUT2D eigenvalue weighted by Gasteiger charge is -2.29. The molecular weight excluding hydrogens is 346 g/mol. The van der Waals surface area contributed by atoms with E-state index in [1.54, 1.807) is 35.7 Å². The molecule has 1 N–H and O–H groups in total. The first-order valence-corrected chi connectivity index (χ1v) is 9.04. The van der Waals surface area contributed by atoms with E-state index in [1.807, 2.05) is 11.0 Å². The number of amides is 2. The van der Waals surface area contributed by atoms with Crippen molar-refractivity contribution in [1.82, 2.24) is 19.4 Å². The number of fused-ring (bicyclic) bond motifs is 1. The summed E-state index contributed by atoms with van der Waals surface area (Å²) in [6.45, 7) is 5.36. The average Bonchev–Trinajstić information content (AvgIpc) is 3.25. The average molecular weight is 367 g/mol. The fourth-order valence-corrected chi connectivity index (χ4v) is 3.31. The molecule has 0 spiro atoms. The Balaban J connectivity index is 1.66. The summed E-state index contributed by atoms with van der Waals surface area (Å²) in [7, 11) is 0. The Labute approximate surface area is 156 Å². The predicted molar refractivity (Wildman–Crippen MR) is 98.7 cm³/mol. The van der Waals surface area contributed by atoms with Crippen LogP contribution in [0, 0.1) is 12.8 Å². The maximum Gasteiger partial charge on any atom is 0.293 e. The van der Waals surface area contributed by atoms with E-state index >= 15 is 0 Å². The van der Waals surface area contributed by atoms with Crippen molar-refractivity contribution in [2.45, 2.75) is 26.7 Å². The van der Waals surface area contributed by atoms with Gasteiger partial charge in [-0.05, 0) is 37.8 Å². The molecule has 1 saturated heterocycles. The molecule has 3 aromatic heterocycles. The molecule has 27 heavy (non-hydrogen) atoms. The molecule has 2 amide bonds. The van der Waals surface area contributed by atoms with Crippen molar-refractivity contribution in [2.75, 3.05) is 18.4 Å². The SMILES string of the molecule is Cc1cc(NC(=O)c2nc(C(=O)N3CCC(C)CC3)c3ccccn23)no1. The van der Waals surface area contributed by atoms with Gasteiger partial charge < -0.3 is 14.7 Å². The van der Waals surface area contributed by atoms with E-state index < -0.39 is 5.91 Å². The van der Waals surface area contributed by atoms with Crippen LogP contribution in [0.2, 0.25) is 0 Å². The number of pyridine rings is 1. The Kier molecular flexibility index (Phi) is 4.39. The molecule has 3 aromatic rings. The molecule has 0 aromatic carbocycles. The highest BCUT2D eigenvalue weighted by Gasteiger charge is 2.27. The summed E-state index contributed by atoms with van der Waals surface area (Å²) in [6, 6.07) is 7.04. The summed E-state index contributed by atoms with van der Waals surface area (Å²) in [6.07, 6.45) is 3.69. The molecule has 4 rings (SSSR count). The second-order valence-electron chi connectivity index (χ2n) is 6.99. The highest BCUT2D eigenvalue weighted by atomic mass is 16.5. The molecule has 0 saturated carbocycles. The van der Waals surface area contributed by atoms with Gasteiger partial charge in [-0.2, -0.15) is 0 Å². The minimum Gasteiger partial charge on any atom is -0.360 e. The van der Waals surface area contributed by atoms with Gasteiger partial charge in [-0.15, -0.1) is 0 Å². The maximum absolute atomic E-state index is 13.0. The van der Waals surface area contributed by atoms with Crippen molar-refractivity contribution in [3.8, 4) is 0 Å². The van der Waals surface area contributed by atoms with Gasteiger partial charge in [0.25, 0.3) is 11.8 Å². The van der Waals surface area contributed by atoms with Crippen LogP contribution in [0.5, 0.6) is 0 Å². The summed E-state index contributed by atoms with van der Waals surface area (Å²) in [5, 5.41) is 6.42. The number of hydrogen-bond donors (Lipinski definition) is 1. The van der Waals surface area contributed by atoms with E-state index in [0.29, 0.717) is 41.8 Å². The van der Waals surface area contributed by atoms with Crippen LogP contribution in [0.1, 0.15) is 46.6 Å². The van der Waals surface area contributed by atoms with E-state index in [2.05, 4.69) is 22.4 Å². The molecule has 1 fully saturated rings. The predicted octanol–water partition coefficient (Wildman–Crippen LogP) is 2.76. The number of nitrogens with one attached hydrogen (secondary N) is 1. The van der Waals surface area contributed by atoms with Crippen LogP contribution in [-0.4, -0.2) is 44.3 Å². The van der Waals surface area contributed by atoms with Gasteiger partial charge in [-0.25, -0.2) is 4.98 Å². The van der Waals surface area contributed by atoms with Crippen molar-refractivity contribution in [3.63, 3.8) is 0 Å². The van der Waals surface area contributed by atoms with Crippen LogP contribution in [0.25, 0.3) is 5.52 Å². The first kappa shape index (κ1) is 17.3. The minimum absolute atomic E-state index is 0.137. The van der Waals surface area contributed by atoms with E-state index in [1.165, 1.54) is 0 Å². The van der Waals surface area contributed by atoms with Crippen molar-refractivity contribution >= 4 is 23.1 Å². The number of anilines is 1. The number of aryl methyl sites for hydroxylation is 1. The molecule has 0 atom stereocenters. The second-order valence-corrected chi connectivity index (χ2v) is 6.99. The van der Waals surface area contributed by atoms with Gasteiger partial charge in [0.1, 0.15) is 5.76 Å². The van der Waals surface area contributed by atoms with E-state index in [9.17, 15) is 9.59 Å². The zero-order chi connectivity index (χ0) is 19.0. The number of imidazole rings is 1. The number of likely N-dealkylation sites (tertiary alicyclic amines) is 1. The van der Waals surface area contributed by atoms with Gasteiger partial charge in [0, 0.05) is 25.4 Å². The minimum atomic E-state index is -0.448. The largest absolute Gasteiger partial charge is 0.360 e. The zero-order valence-electron chi connectivity index (χ0n) is 15.3. The normalized spacial score (nSPS) is 15.3. The molecule has 1 aliphatic rings. The quantitative estimate of drug-likeness (QED) is 0.768. The lowest BCUT2D eigenvalue weighted by Crippen LogP contribution is -2.38. The third-order valence-corrected chi connectivity index (χ3v) is 4.89. The molecule has 0 bridgehead atoms. The van der Waals surface area contributed by atoms with Gasteiger partial charge in [0.15, 0.2) is 11.5 Å². The lowest BCUT2D eigenvalue weighted by atomic mass is 9.99. The summed E-state index contributed by atoms with van der Waals surface area (Å²) < 4.78 is 6.59. The highest BCUT2D eigenvalue weighted by molar-refractivity contribution is 6.05. The molecule has 0 unspecified atom stereocenters. The third kappa shape index (κ3) is 3.30. The van der Waals surface area contributed by atoms with Crippen molar-refractivity contribution in [3.05, 3.63) is 47.7 Å². The standard InChI is InChI=1S/C19H21N5O3/c1-12-6-9-23(10-7-12)19(26)16-14-5-3-4-8-24(14)17(21-16)18(25)20-15-11-13(2)27-22-15/h3-5,8,11-12H,6-7,9-10H2,1-2H3,(H,20,22,25). The van der Waals surface area contributed by atoms with Gasteiger partial charge in [-0.1, -0.05) is 18.1 Å². The lowest BCUT2D eigenvalue weighted by molar-refractivity contribution is 0.0694. The number of nitrogens with zero attached hydrogens (tertiary/aromatic N) is 4. The monoisotopic (exact) mass is 367 g/mol. The number of rotatable bonds is 3. The Morgan fingerprint density at radius 3 is 2.74 bits per heavy atom. The first-order chi connectivity index (χ1) is 13.0. The van der Waals surface area contributed by atoms with Gasteiger partial charge in [-0.3, -0.25) is 14.0 Å². The van der Waals surface area contributed by atoms with Gasteiger partial charge in [0.05, 0.1) is 5.52 Å². The Morgan fingerprint density at radius 1 is 1.26 bits per heavy atom.